The van der Waals surface area contributed by atoms with Gasteiger partial charge in [-0.25, -0.2) is 48.0 Å². The summed E-state index contributed by atoms with van der Waals surface area (Å²) in [6.45, 7) is 17.6. The number of hydrogen-bond acceptors (Lipinski definition) is 28. The van der Waals surface area contributed by atoms with E-state index in [0.29, 0.717) is 97.0 Å². The number of carbonyl (C=O) groups excluding carboxylic acids is 9. The van der Waals surface area contributed by atoms with E-state index < -0.39 is 60.2 Å². The van der Waals surface area contributed by atoms with Gasteiger partial charge in [-0.15, -0.1) is 0 Å². The van der Waals surface area contributed by atoms with Crippen molar-refractivity contribution < 1.29 is 125 Å². The second kappa shape index (κ2) is 51.4. The highest BCUT2D eigenvalue weighted by molar-refractivity contribution is 5.95. The van der Waals surface area contributed by atoms with Crippen LogP contribution in [0.5, 0.6) is 40.2 Å². The lowest BCUT2D eigenvalue weighted by Crippen LogP contribution is -2.13. The molecule has 7 aromatic carbocycles. The van der Waals surface area contributed by atoms with E-state index in [2.05, 4.69) is 36.5 Å². The van der Waals surface area contributed by atoms with Gasteiger partial charge < -0.3 is 66.5 Å². The minimum absolute atomic E-state index is 0.0743. The third-order valence-electron chi connectivity index (χ3n) is 15.7. The van der Waals surface area contributed by atoms with Crippen LogP contribution < -0.4 is 33.3 Å². The molecule has 7 aromatic rings. The molecule has 0 saturated carbocycles. The smallest absolute Gasteiger partial charge is 0.494 e. The van der Waals surface area contributed by atoms with Gasteiger partial charge in [0.2, 0.25) is 0 Å². The van der Waals surface area contributed by atoms with E-state index in [1.54, 1.807) is 97.9 Å². The molecule has 0 aliphatic carbocycles. The van der Waals surface area contributed by atoms with Crippen LogP contribution >= 0.6 is 0 Å². The van der Waals surface area contributed by atoms with Gasteiger partial charge in [0.25, 0.3) is 0 Å². The van der Waals surface area contributed by atoms with Crippen molar-refractivity contribution in [2.24, 2.45) is 10.2 Å². The zero-order chi connectivity index (χ0) is 81.2. The van der Waals surface area contributed by atoms with Crippen molar-refractivity contribution in [3.63, 3.8) is 0 Å². The highest BCUT2D eigenvalue weighted by Crippen LogP contribution is 2.31. The SMILES string of the molecule is C=CC(=O)OCCCCCCOc1ccc(COOc2ccc(/C=N/N=C/c3ccc(OC(=O)c4ccc(OCCCCCCOC(=O)C=C)cc4)cc3)cc2C(=O)OC)cc1.C=CC(=O)OCCCCOC(=O)Oc1ccc(OC(=O)c2ccc(C(OO)c3ccc(OC(=O)OCCCCOC(=O)C=C)cc3)c(C)c2)cc1. The van der Waals surface area contributed by atoms with Crippen molar-refractivity contribution in [3.05, 3.63) is 258 Å². The Labute approximate surface area is 653 Å². The van der Waals surface area contributed by atoms with Gasteiger partial charge in [-0.3, -0.25) is 5.26 Å². The fourth-order valence-electron chi connectivity index (χ4n) is 9.73. The number of carbonyl (C=O) groups is 9. The molecule has 28 heteroatoms. The van der Waals surface area contributed by atoms with Gasteiger partial charge in [0, 0.05) is 24.3 Å². The Hall–Kier alpha value is -13.1. The summed E-state index contributed by atoms with van der Waals surface area (Å²) in [6, 6.07) is 42.4. The summed E-state index contributed by atoms with van der Waals surface area (Å²) < 4.78 is 67.3. The number of esters is 7. The van der Waals surface area contributed by atoms with Gasteiger partial charge >= 0.3 is 54.1 Å². The summed E-state index contributed by atoms with van der Waals surface area (Å²) in [4.78, 5) is 122. The van der Waals surface area contributed by atoms with Gasteiger partial charge in [-0.2, -0.15) is 15.1 Å². The summed E-state index contributed by atoms with van der Waals surface area (Å²) in [5.74, 6) is -1.14. The highest BCUT2D eigenvalue weighted by Gasteiger charge is 2.22. The van der Waals surface area contributed by atoms with Crippen molar-refractivity contribution in [1.29, 1.82) is 0 Å². The molecular weight excluding hydrogens is 1460 g/mol. The van der Waals surface area contributed by atoms with Crippen LogP contribution in [0.1, 0.15) is 148 Å². The van der Waals surface area contributed by atoms with E-state index in [0.717, 1.165) is 87.0 Å². The van der Waals surface area contributed by atoms with Gasteiger partial charge in [0.15, 0.2) is 5.75 Å². The molecule has 0 spiro atoms. The number of hydrogen-bond donors (Lipinski definition) is 1. The predicted molar refractivity (Wildman–Crippen MR) is 412 cm³/mol. The van der Waals surface area contributed by atoms with Crippen LogP contribution in [0.3, 0.4) is 0 Å². The third-order valence-corrected chi connectivity index (χ3v) is 15.7. The van der Waals surface area contributed by atoms with E-state index in [1.165, 1.54) is 62.0 Å². The van der Waals surface area contributed by atoms with Crippen molar-refractivity contribution in [1.82, 2.24) is 0 Å². The zero-order valence-electron chi connectivity index (χ0n) is 62.8. The van der Waals surface area contributed by atoms with Crippen LogP contribution in [-0.2, 0) is 68.7 Å². The lowest BCUT2D eigenvalue weighted by Gasteiger charge is -2.18. The van der Waals surface area contributed by atoms with Crippen molar-refractivity contribution >= 4 is 66.5 Å². The Morgan fingerprint density at radius 1 is 0.398 bits per heavy atom. The zero-order valence-corrected chi connectivity index (χ0v) is 62.8. The Kier molecular flexibility index (Phi) is 40.4. The number of aryl methyl sites for hydroxylation is 1. The van der Waals surface area contributed by atoms with E-state index in [1.807, 2.05) is 24.3 Å². The van der Waals surface area contributed by atoms with E-state index >= 15 is 0 Å². The monoisotopic (exact) mass is 1550 g/mol. The van der Waals surface area contributed by atoms with Gasteiger partial charge in [0.1, 0.15) is 52.8 Å². The standard InChI is InChI=1S/C48H52N2O12.C37H38O14/c1-4-45(51)58-30-12-8-6-10-28-56-40-21-16-37(17-22-40)35-60-62-44-27-18-38(32-43(44)48(54)55-3)34-50-49-33-36-14-23-42(24-15-36)61-47(53)39-19-25-41(26-20-39)57-29-11-7-9-13-31-59-46(52)5-2;1-4-32(38)44-20-6-8-22-46-36(41)49-29-13-10-26(11-14-29)34(51-43)31-19-12-27(24-25(31)3)35(40)48-28-15-17-30(18-16-28)50-37(42)47-23-9-7-21-45-33(39)5-2/h4-5,14-27,32-34H,1-2,6-13,28-31,35H2,3H3;4-5,10-19,24,34,43H,1-2,6-9,20-23H2,3H3/b49-33+,50-34+;. The summed E-state index contributed by atoms with van der Waals surface area (Å²) in [5.41, 5.74) is 4.58. The second-order valence-electron chi connectivity index (χ2n) is 24.0. The number of methoxy groups -OCH3 is 1. The quantitative estimate of drug-likeness (QED) is 0.00426. The Bertz CT molecular complexity index is 4290. The first-order valence-corrected chi connectivity index (χ1v) is 35.9. The van der Waals surface area contributed by atoms with Gasteiger partial charge in [-0.1, -0.05) is 56.6 Å². The Balaban J connectivity index is 0.000000359. The molecule has 1 N–H and O–H groups in total. The third kappa shape index (κ3) is 34.6. The van der Waals surface area contributed by atoms with Crippen LogP contribution in [0.15, 0.2) is 219 Å². The van der Waals surface area contributed by atoms with Gasteiger partial charge in [0.05, 0.1) is 83.5 Å². The van der Waals surface area contributed by atoms with Crippen LogP contribution in [0.25, 0.3) is 0 Å². The molecule has 0 amide bonds. The molecule has 0 aliphatic rings. The molecule has 1 unspecified atom stereocenters. The molecule has 0 bridgehead atoms. The average Bonchev–Trinajstić information content (AvgIpc) is 0.818. The lowest BCUT2D eigenvalue weighted by atomic mass is 9.96. The van der Waals surface area contributed by atoms with Gasteiger partial charge in [-0.05, 0) is 245 Å². The number of ether oxygens (including phenoxy) is 13. The number of unbranched alkanes of at least 4 members (excludes halogenated alkanes) is 8. The second-order valence-corrected chi connectivity index (χ2v) is 24.0. The summed E-state index contributed by atoms with van der Waals surface area (Å²) in [7, 11) is 1.27. The van der Waals surface area contributed by atoms with Crippen LogP contribution in [0, 0.1) is 6.92 Å². The van der Waals surface area contributed by atoms with Crippen LogP contribution in [0.2, 0.25) is 0 Å². The number of nitrogens with zero attached hydrogens (tertiary/aromatic N) is 2. The Morgan fingerprint density at radius 2 is 0.779 bits per heavy atom. The lowest BCUT2D eigenvalue weighted by molar-refractivity contribution is -0.270. The van der Waals surface area contributed by atoms with Crippen molar-refractivity contribution in [3.8, 4) is 40.2 Å². The first-order chi connectivity index (χ1) is 54.9. The minimum Gasteiger partial charge on any atom is -0.494 e. The molecule has 0 heterocycles. The normalized spacial score (nSPS) is 10.9. The summed E-state index contributed by atoms with van der Waals surface area (Å²) in [6.07, 6.45) is 13.7. The molecule has 0 aliphatic heterocycles. The molecule has 0 fully saturated rings. The summed E-state index contributed by atoms with van der Waals surface area (Å²) >= 11 is 0. The molecular formula is C85H90N2O26. The fourth-order valence-corrected chi connectivity index (χ4v) is 9.73. The van der Waals surface area contributed by atoms with Crippen LogP contribution in [0.4, 0.5) is 9.59 Å². The fraction of sp³-hybridized carbons (Fsp3) is 0.282. The molecule has 0 saturated heterocycles. The van der Waals surface area contributed by atoms with E-state index in [9.17, 15) is 48.4 Å². The van der Waals surface area contributed by atoms with E-state index in [4.69, 9.17) is 76.2 Å². The minimum atomic E-state index is -0.924. The molecule has 596 valence electrons. The highest BCUT2D eigenvalue weighted by atomic mass is 17.2. The number of rotatable bonds is 47. The van der Waals surface area contributed by atoms with Crippen molar-refractivity contribution in [2.75, 3.05) is 60.0 Å². The van der Waals surface area contributed by atoms with Crippen LogP contribution in [-0.4, -0.2) is 132 Å². The average molecular weight is 1560 g/mol. The molecule has 1 atom stereocenters. The molecule has 28 nitrogen and oxygen atoms in total. The molecule has 113 heavy (non-hydrogen) atoms. The topological polar surface area (TPSA) is 346 Å². The predicted octanol–water partition coefficient (Wildman–Crippen LogP) is 15.8. The number of benzene rings is 7. The van der Waals surface area contributed by atoms with Crippen molar-refractivity contribution in [2.45, 2.75) is 96.7 Å². The summed E-state index contributed by atoms with van der Waals surface area (Å²) in [5, 5.41) is 17.9. The first kappa shape index (κ1) is 88.8. The maximum Gasteiger partial charge on any atom is 0.513 e. The first-order valence-electron chi connectivity index (χ1n) is 35.9. The van der Waals surface area contributed by atoms with E-state index in [-0.39, 0.29) is 67.2 Å². The Morgan fingerprint density at radius 3 is 1.23 bits per heavy atom. The maximum atomic E-state index is 12.9. The largest absolute Gasteiger partial charge is 0.513 e. The molecule has 0 radical (unpaired) electrons. The molecule has 7 rings (SSSR count). The molecule has 0 aromatic heterocycles. The maximum absolute atomic E-state index is 12.9.